The molecule has 3 aromatic heterocycles. The number of nitrogens with one attached hydrogen (secondary N) is 2. The van der Waals surface area contributed by atoms with Gasteiger partial charge in [-0.25, -0.2) is 14.8 Å². The average molecular weight is 483 g/mol. The zero-order valence-corrected chi connectivity index (χ0v) is 20.3. The summed E-state index contributed by atoms with van der Waals surface area (Å²) in [6, 6.07) is 16.8. The van der Waals surface area contributed by atoms with Gasteiger partial charge in [0.05, 0.1) is 5.69 Å². The zero-order valence-electron chi connectivity index (χ0n) is 20.3. The Morgan fingerprint density at radius 3 is 2.47 bits per heavy atom. The first kappa shape index (κ1) is 23.0. The van der Waals surface area contributed by atoms with Gasteiger partial charge in [-0.2, -0.15) is 4.63 Å². The number of carbonyl (C=O) groups excluding carboxylic acids is 2. The molecule has 0 atom stereocenters. The minimum Gasteiger partial charge on any atom is -0.326 e. The van der Waals surface area contributed by atoms with Gasteiger partial charge in [0, 0.05) is 47.9 Å². The molecular formula is C26H26N8O2. The third kappa shape index (κ3) is 4.61. The number of aromatic amines is 1. The molecule has 0 bridgehead atoms. The fourth-order valence-electron chi connectivity index (χ4n) is 4.14. The van der Waals surface area contributed by atoms with Crippen LogP contribution in [0.5, 0.6) is 0 Å². The van der Waals surface area contributed by atoms with E-state index in [9.17, 15) is 9.59 Å². The number of para-hydroxylation sites is 1. The molecule has 0 unspecified atom stereocenters. The Morgan fingerprint density at radius 1 is 1.06 bits per heavy atom. The van der Waals surface area contributed by atoms with Gasteiger partial charge < -0.3 is 5.32 Å². The summed E-state index contributed by atoms with van der Waals surface area (Å²) in [4.78, 5) is 35.3. The molecule has 0 aliphatic rings. The first-order valence-corrected chi connectivity index (χ1v) is 11.6. The average Bonchev–Trinajstić information content (AvgIpc) is 3.55. The summed E-state index contributed by atoms with van der Waals surface area (Å²) < 4.78 is 3.16. The van der Waals surface area contributed by atoms with E-state index in [1.807, 2.05) is 68.4 Å². The van der Waals surface area contributed by atoms with Gasteiger partial charge in [-0.15, -0.1) is 5.10 Å². The lowest BCUT2D eigenvalue weighted by Crippen LogP contribution is -2.36. The number of nitrogens with zero attached hydrogens (tertiary/aromatic N) is 6. The van der Waals surface area contributed by atoms with E-state index < -0.39 is 0 Å². The first-order chi connectivity index (χ1) is 17.4. The van der Waals surface area contributed by atoms with Crippen molar-refractivity contribution in [1.82, 2.24) is 29.4 Å². The highest BCUT2D eigenvalue weighted by Gasteiger charge is 2.21. The summed E-state index contributed by atoms with van der Waals surface area (Å²) in [5, 5.41) is 10.6. The lowest BCUT2D eigenvalue weighted by Gasteiger charge is -2.22. The first-order valence-electron chi connectivity index (χ1n) is 11.6. The summed E-state index contributed by atoms with van der Waals surface area (Å²) in [5.74, 6) is 0.448. The van der Waals surface area contributed by atoms with Gasteiger partial charge in [-0.1, -0.05) is 18.2 Å². The number of hydrogen-bond acceptors (Lipinski definition) is 5. The van der Waals surface area contributed by atoms with Crippen LogP contribution in [0.15, 0.2) is 67.1 Å². The predicted molar refractivity (Wildman–Crippen MR) is 137 cm³/mol. The predicted octanol–water partition coefficient (Wildman–Crippen LogP) is 4.21. The molecule has 182 valence electrons. The molecule has 5 rings (SSSR count). The van der Waals surface area contributed by atoms with E-state index in [-0.39, 0.29) is 11.9 Å². The van der Waals surface area contributed by atoms with E-state index in [0.717, 1.165) is 28.2 Å². The second-order valence-electron chi connectivity index (χ2n) is 8.59. The standard InChI is InChI=1S/C26H26N8O2/c1-17-15-32(16-27-17)26(36)33(22-7-5-4-6-8-22)14-13-23-18(2)30-34-25(23)29-24(31-34)20-9-11-21(12-10-20)28-19(3)35/h4-12,15-16,30H,13-14H2,1-3H3,(H,28,35). The summed E-state index contributed by atoms with van der Waals surface area (Å²) >= 11 is 0. The number of imidazole rings is 1. The molecule has 0 spiro atoms. The van der Waals surface area contributed by atoms with Crippen LogP contribution in [-0.2, 0) is 11.2 Å². The van der Waals surface area contributed by atoms with Gasteiger partial charge in [-0.3, -0.25) is 19.4 Å². The zero-order chi connectivity index (χ0) is 25.2. The van der Waals surface area contributed by atoms with Crippen molar-refractivity contribution in [3.8, 4) is 11.4 Å². The number of aromatic nitrogens is 6. The molecule has 0 saturated heterocycles. The minimum atomic E-state index is -0.174. The Morgan fingerprint density at radius 2 is 1.81 bits per heavy atom. The van der Waals surface area contributed by atoms with Crippen LogP contribution in [0.25, 0.3) is 17.0 Å². The summed E-state index contributed by atoms with van der Waals surface area (Å²) in [5.41, 5.74) is 5.77. The van der Waals surface area contributed by atoms with Crippen molar-refractivity contribution in [3.05, 3.63) is 84.1 Å². The SMILES string of the molecule is CC(=O)Nc1ccc(-c2nc3c(CCN(C(=O)n4cnc(C)c4)c4ccccc4)c(C)[nH]n3n2)cc1. The Kier molecular flexibility index (Phi) is 6.07. The molecule has 3 heterocycles. The van der Waals surface area contributed by atoms with Crippen LogP contribution in [0.3, 0.4) is 0 Å². The molecule has 0 radical (unpaired) electrons. The summed E-state index contributed by atoms with van der Waals surface area (Å²) in [6.45, 7) is 5.75. The Bertz CT molecular complexity index is 1530. The van der Waals surface area contributed by atoms with Crippen LogP contribution in [0.4, 0.5) is 16.2 Å². The van der Waals surface area contributed by atoms with Crippen LogP contribution >= 0.6 is 0 Å². The van der Waals surface area contributed by atoms with Gasteiger partial charge >= 0.3 is 6.03 Å². The molecule has 2 amide bonds. The highest BCUT2D eigenvalue weighted by Crippen LogP contribution is 2.23. The van der Waals surface area contributed by atoms with Gasteiger partial charge in [0.25, 0.3) is 0 Å². The Labute approximate surface area is 207 Å². The molecule has 0 aliphatic heterocycles. The van der Waals surface area contributed by atoms with Crippen molar-refractivity contribution in [2.24, 2.45) is 0 Å². The largest absolute Gasteiger partial charge is 0.333 e. The monoisotopic (exact) mass is 482 g/mol. The third-order valence-corrected chi connectivity index (χ3v) is 5.88. The normalized spacial score (nSPS) is 11.1. The van der Waals surface area contributed by atoms with E-state index in [1.54, 1.807) is 15.7 Å². The van der Waals surface area contributed by atoms with Crippen LogP contribution in [-0.4, -0.2) is 47.8 Å². The molecular weight excluding hydrogens is 456 g/mol. The molecule has 5 aromatic rings. The van der Waals surface area contributed by atoms with Crippen LogP contribution < -0.4 is 10.2 Å². The molecule has 10 heteroatoms. The fourth-order valence-corrected chi connectivity index (χ4v) is 4.14. The minimum absolute atomic E-state index is 0.123. The van der Waals surface area contributed by atoms with Crippen molar-refractivity contribution in [1.29, 1.82) is 0 Å². The van der Waals surface area contributed by atoms with Gasteiger partial charge in [0.1, 0.15) is 6.33 Å². The molecule has 2 N–H and O–H groups in total. The number of amides is 2. The quantitative estimate of drug-likeness (QED) is 0.376. The van der Waals surface area contributed by atoms with E-state index in [2.05, 4.69) is 20.5 Å². The maximum Gasteiger partial charge on any atom is 0.333 e. The number of hydrogen-bond donors (Lipinski definition) is 2. The van der Waals surface area contributed by atoms with E-state index in [0.29, 0.717) is 30.1 Å². The maximum atomic E-state index is 13.3. The van der Waals surface area contributed by atoms with Gasteiger partial charge in [0.2, 0.25) is 5.91 Å². The second-order valence-corrected chi connectivity index (χ2v) is 8.59. The Hall–Kier alpha value is -4.73. The number of anilines is 2. The van der Waals surface area contributed by atoms with Gasteiger partial charge in [-0.05, 0) is 56.7 Å². The third-order valence-electron chi connectivity index (χ3n) is 5.88. The lowest BCUT2D eigenvalue weighted by atomic mass is 10.1. The van der Waals surface area contributed by atoms with Crippen LogP contribution in [0.2, 0.25) is 0 Å². The van der Waals surface area contributed by atoms with Crippen LogP contribution in [0, 0.1) is 13.8 Å². The molecule has 0 saturated carbocycles. The fraction of sp³-hybridized carbons (Fsp3) is 0.192. The second kappa shape index (κ2) is 9.49. The van der Waals surface area contributed by atoms with Crippen molar-refractivity contribution in [3.63, 3.8) is 0 Å². The van der Waals surface area contributed by atoms with Crippen molar-refractivity contribution < 1.29 is 9.59 Å². The number of aryl methyl sites for hydroxylation is 2. The van der Waals surface area contributed by atoms with E-state index >= 15 is 0 Å². The highest BCUT2D eigenvalue weighted by atomic mass is 16.2. The maximum absolute atomic E-state index is 13.3. The number of rotatable bonds is 6. The smallest absolute Gasteiger partial charge is 0.326 e. The summed E-state index contributed by atoms with van der Waals surface area (Å²) in [6.07, 6.45) is 3.84. The van der Waals surface area contributed by atoms with Crippen molar-refractivity contribution in [2.75, 3.05) is 16.8 Å². The van der Waals surface area contributed by atoms with Crippen molar-refractivity contribution in [2.45, 2.75) is 27.2 Å². The number of H-pyrrole nitrogens is 1. The lowest BCUT2D eigenvalue weighted by molar-refractivity contribution is -0.114. The molecule has 0 aliphatic carbocycles. The van der Waals surface area contributed by atoms with E-state index in [4.69, 9.17) is 4.98 Å². The Balaban J connectivity index is 1.41. The van der Waals surface area contributed by atoms with Gasteiger partial charge in [0.15, 0.2) is 11.5 Å². The highest BCUT2D eigenvalue weighted by molar-refractivity contribution is 5.93. The molecule has 10 nitrogen and oxygen atoms in total. The molecule has 36 heavy (non-hydrogen) atoms. The number of carbonyl (C=O) groups is 2. The van der Waals surface area contributed by atoms with E-state index in [1.165, 1.54) is 17.8 Å². The number of fused-ring (bicyclic) bond motifs is 1. The topological polar surface area (TPSA) is 113 Å². The van der Waals surface area contributed by atoms with Crippen LogP contribution in [0.1, 0.15) is 23.9 Å². The molecule has 0 fully saturated rings. The van der Waals surface area contributed by atoms with Crippen molar-refractivity contribution >= 4 is 29.0 Å². The summed E-state index contributed by atoms with van der Waals surface area (Å²) in [7, 11) is 0. The molecule has 2 aromatic carbocycles. The number of benzene rings is 2.